The van der Waals surface area contributed by atoms with E-state index >= 15 is 0 Å². The van der Waals surface area contributed by atoms with E-state index in [1.54, 1.807) is 31.3 Å². The zero-order chi connectivity index (χ0) is 17.6. The van der Waals surface area contributed by atoms with Crippen molar-refractivity contribution < 1.29 is 8.42 Å². The monoisotopic (exact) mass is 466 g/mol. The molecule has 0 unspecified atom stereocenters. The van der Waals surface area contributed by atoms with Gasteiger partial charge in [0.2, 0.25) is 10.0 Å². The molecule has 0 atom stereocenters. The average Bonchev–Trinajstić information content (AvgIpc) is 2.50. The van der Waals surface area contributed by atoms with E-state index in [4.69, 9.17) is 5.73 Å². The number of hydrogen-bond acceptors (Lipinski definition) is 3. The van der Waals surface area contributed by atoms with E-state index in [0.29, 0.717) is 19.0 Å². The summed E-state index contributed by atoms with van der Waals surface area (Å²) >= 11 is 0. The van der Waals surface area contributed by atoms with Gasteiger partial charge in [0.05, 0.1) is 11.4 Å². The average molecular weight is 466 g/mol. The van der Waals surface area contributed by atoms with Gasteiger partial charge in [0.25, 0.3) is 0 Å². The Morgan fingerprint density at radius 1 is 1.33 bits per heavy atom. The Bertz CT molecular complexity index is 670. The first kappa shape index (κ1) is 22.9. The first-order valence-corrected chi connectivity index (χ1v) is 8.83. The normalized spacial score (nSPS) is 12.2. The largest absolute Gasteiger partial charge is 0.370 e. The lowest BCUT2D eigenvalue weighted by atomic mass is 10.2. The summed E-state index contributed by atoms with van der Waals surface area (Å²) in [6.07, 6.45) is 0. The third-order valence-electron chi connectivity index (χ3n) is 3.33. The second-order valence-corrected chi connectivity index (χ2v) is 7.77. The molecule has 0 amide bonds. The summed E-state index contributed by atoms with van der Waals surface area (Å²) in [6.45, 7) is 10.3. The van der Waals surface area contributed by atoms with Crippen molar-refractivity contribution in [1.82, 2.24) is 9.62 Å². The summed E-state index contributed by atoms with van der Waals surface area (Å²) in [7, 11) is -1.88. The van der Waals surface area contributed by atoms with Crippen molar-refractivity contribution in [2.45, 2.75) is 38.3 Å². The van der Waals surface area contributed by atoms with Crippen LogP contribution in [0.3, 0.4) is 0 Å². The van der Waals surface area contributed by atoms with Gasteiger partial charge in [-0.1, -0.05) is 24.3 Å². The summed E-state index contributed by atoms with van der Waals surface area (Å²) < 4.78 is 26.1. The lowest BCUT2D eigenvalue weighted by molar-refractivity contribution is 0.410. The fourth-order valence-electron chi connectivity index (χ4n) is 1.68. The molecule has 0 saturated heterocycles. The molecule has 0 radical (unpaired) electrons. The molecule has 0 aliphatic carbocycles. The molecule has 1 aromatic carbocycles. The molecular formula is C16H27IN4O2S. The van der Waals surface area contributed by atoms with E-state index < -0.39 is 10.0 Å². The highest BCUT2D eigenvalue weighted by molar-refractivity contribution is 14.0. The zero-order valence-corrected chi connectivity index (χ0v) is 17.8. The minimum atomic E-state index is -3.45. The Balaban J connectivity index is 0.00000529. The fraction of sp³-hybridized carbons (Fsp3) is 0.438. The van der Waals surface area contributed by atoms with Crippen molar-refractivity contribution in [3.63, 3.8) is 0 Å². The van der Waals surface area contributed by atoms with Crippen molar-refractivity contribution in [3.8, 4) is 0 Å². The number of benzene rings is 1. The van der Waals surface area contributed by atoms with E-state index in [-0.39, 0.29) is 34.9 Å². The lowest BCUT2D eigenvalue weighted by Crippen LogP contribution is -2.33. The molecule has 24 heavy (non-hydrogen) atoms. The number of nitrogens with one attached hydrogen (secondary N) is 1. The highest BCUT2D eigenvalue weighted by Gasteiger charge is 2.22. The molecule has 3 N–H and O–H groups in total. The van der Waals surface area contributed by atoms with Crippen LogP contribution in [0.5, 0.6) is 0 Å². The topological polar surface area (TPSA) is 87.8 Å². The van der Waals surface area contributed by atoms with Gasteiger partial charge in [0, 0.05) is 19.6 Å². The third kappa shape index (κ3) is 6.78. The number of hydrogen-bond donors (Lipinski definition) is 2. The van der Waals surface area contributed by atoms with Gasteiger partial charge in [-0.05, 0) is 38.5 Å². The standard InChI is InChI=1S/C16H26N4O2S.HI/c1-12(2)10-18-16(17)19-11-14-6-8-15(9-7-14)23(21,22)20(5)13(3)4;/h6-9,13H,1,10-11H2,2-5H3,(H3,17,18,19);1H. The predicted octanol–water partition coefficient (Wildman–Crippen LogP) is 2.31. The first-order valence-electron chi connectivity index (χ1n) is 7.39. The molecular weight excluding hydrogens is 439 g/mol. The molecule has 0 fully saturated rings. The Kier molecular flexibility index (Phi) is 9.53. The van der Waals surface area contributed by atoms with Gasteiger partial charge >= 0.3 is 0 Å². The maximum atomic E-state index is 12.4. The molecule has 0 spiro atoms. The van der Waals surface area contributed by atoms with Crippen LogP contribution in [0.15, 0.2) is 46.3 Å². The number of guanidine groups is 1. The van der Waals surface area contributed by atoms with Gasteiger partial charge < -0.3 is 11.1 Å². The van der Waals surface area contributed by atoms with Crippen LogP contribution >= 0.6 is 24.0 Å². The van der Waals surface area contributed by atoms with E-state index in [1.165, 1.54) is 4.31 Å². The van der Waals surface area contributed by atoms with E-state index in [9.17, 15) is 8.42 Å². The van der Waals surface area contributed by atoms with Crippen LogP contribution in [0.25, 0.3) is 0 Å². The SMILES string of the molecule is C=C(C)CNC(N)=NCc1ccc(S(=O)(=O)N(C)C(C)C)cc1.I. The van der Waals surface area contributed by atoms with E-state index in [0.717, 1.165) is 11.1 Å². The first-order chi connectivity index (χ1) is 10.6. The maximum absolute atomic E-state index is 12.4. The summed E-state index contributed by atoms with van der Waals surface area (Å²) in [5.41, 5.74) is 7.59. The maximum Gasteiger partial charge on any atom is 0.243 e. The van der Waals surface area contributed by atoms with Crippen molar-refractivity contribution in [3.05, 3.63) is 42.0 Å². The van der Waals surface area contributed by atoms with Crippen molar-refractivity contribution in [2.24, 2.45) is 10.7 Å². The molecule has 8 heteroatoms. The summed E-state index contributed by atoms with van der Waals surface area (Å²) in [5.74, 6) is 0.337. The minimum absolute atomic E-state index is 0. The van der Waals surface area contributed by atoms with Gasteiger partial charge in [-0.3, -0.25) is 0 Å². The molecule has 0 aliphatic rings. The number of aliphatic imine (C=N–C) groups is 1. The lowest BCUT2D eigenvalue weighted by Gasteiger charge is -2.21. The number of nitrogens with two attached hydrogens (primary N) is 1. The zero-order valence-electron chi connectivity index (χ0n) is 14.6. The van der Waals surface area contributed by atoms with Gasteiger partial charge in [0.1, 0.15) is 0 Å². The van der Waals surface area contributed by atoms with Crippen molar-refractivity contribution in [1.29, 1.82) is 0 Å². The van der Waals surface area contributed by atoms with E-state index in [2.05, 4.69) is 16.9 Å². The van der Waals surface area contributed by atoms with Crippen LogP contribution in [0, 0.1) is 0 Å². The molecule has 0 aliphatic heterocycles. The second-order valence-electron chi connectivity index (χ2n) is 5.77. The summed E-state index contributed by atoms with van der Waals surface area (Å²) in [6, 6.07) is 6.59. The Morgan fingerprint density at radius 3 is 2.33 bits per heavy atom. The number of sulfonamides is 1. The van der Waals surface area contributed by atoms with Crippen LogP contribution in [-0.4, -0.2) is 38.3 Å². The molecule has 136 valence electrons. The molecule has 0 aromatic heterocycles. The van der Waals surface area contributed by atoms with Crippen LogP contribution in [0.1, 0.15) is 26.3 Å². The van der Waals surface area contributed by atoms with Crippen LogP contribution in [0.4, 0.5) is 0 Å². The molecule has 0 saturated carbocycles. The summed E-state index contributed by atoms with van der Waals surface area (Å²) in [4.78, 5) is 4.48. The van der Waals surface area contributed by atoms with Gasteiger partial charge in [-0.25, -0.2) is 13.4 Å². The molecule has 0 bridgehead atoms. The fourth-order valence-corrected chi connectivity index (χ4v) is 3.05. The van der Waals surface area contributed by atoms with Gasteiger partial charge in [-0.2, -0.15) is 4.31 Å². The summed E-state index contributed by atoms with van der Waals surface area (Å²) in [5, 5.41) is 2.94. The highest BCUT2D eigenvalue weighted by atomic mass is 127. The second kappa shape index (κ2) is 10.00. The van der Waals surface area contributed by atoms with Crippen LogP contribution in [0.2, 0.25) is 0 Å². The molecule has 0 heterocycles. The molecule has 1 rings (SSSR count). The number of halogens is 1. The van der Waals surface area contributed by atoms with Gasteiger partial charge in [-0.15, -0.1) is 24.0 Å². The minimum Gasteiger partial charge on any atom is -0.370 e. The smallest absolute Gasteiger partial charge is 0.243 e. The van der Waals surface area contributed by atoms with Crippen LogP contribution < -0.4 is 11.1 Å². The Hall–Kier alpha value is -1.13. The van der Waals surface area contributed by atoms with Crippen molar-refractivity contribution in [2.75, 3.05) is 13.6 Å². The third-order valence-corrected chi connectivity index (χ3v) is 5.38. The number of rotatable bonds is 7. The number of nitrogens with zero attached hydrogens (tertiary/aromatic N) is 2. The van der Waals surface area contributed by atoms with E-state index in [1.807, 2.05) is 20.8 Å². The van der Waals surface area contributed by atoms with Gasteiger partial charge in [0.15, 0.2) is 5.96 Å². The van der Waals surface area contributed by atoms with Crippen LogP contribution in [-0.2, 0) is 16.6 Å². The quantitative estimate of drug-likeness (QED) is 0.280. The molecule has 1 aromatic rings. The predicted molar refractivity (Wildman–Crippen MR) is 110 cm³/mol. The molecule has 6 nitrogen and oxygen atoms in total. The van der Waals surface area contributed by atoms with Crippen molar-refractivity contribution >= 4 is 40.0 Å². The highest BCUT2D eigenvalue weighted by Crippen LogP contribution is 2.17. The Labute approximate surface area is 162 Å². The Morgan fingerprint density at radius 2 is 1.88 bits per heavy atom.